The van der Waals surface area contributed by atoms with Crippen LogP contribution in [0, 0.1) is 5.92 Å². The first-order chi connectivity index (χ1) is 13.7. The van der Waals surface area contributed by atoms with Gasteiger partial charge in [-0.15, -0.1) is 0 Å². The number of H-pyrrole nitrogens is 1. The van der Waals surface area contributed by atoms with Gasteiger partial charge in [-0.3, -0.25) is 9.59 Å². The largest absolute Gasteiger partial charge is 0.348 e. The number of carbonyl (C=O) groups excluding carboxylic acids is 2. The summed E-state index contributed by atoms with van der Waals surface area (Å²) in [6.07, 6.45) is 9.48. The molecule has 1 amide bonds. The number of Topliss-reactive ketones (excluding diaryl/α,β-unsaturated/α-hetero) is 1. The number of hydrogen-bond donors (Lipinski definition) is 1. The van der Waals surface area contributed by atoms with Crippen LogP contribution >= 0.6 is 0 Å². The molecule has 6 nitrogen and oxygen atoms in total. The van der Waals surface area contributed by atoms with Crippen LogP contribution in [-0.2, 0) is 11.3 Å². The number of nitrogens with zero attached hydrogens (tertiary/aromatic N) is 3. The second-order valence-electron chi connectivity index (χ2n) is 7.98. The quantitative estimate of drug-likeness (QED) is 0.694. The molecule has 2 aliphatic rings. The maximum Gasteiger partial charge on any atom is 0.242 e. The van der Waals surface area contributed by atoms with E-state index in [2.05, 4.69) is 9.97 Å². The van der Waals surface area contributed by atoms with Crippen LogP contribution in [0.15, 0.2) is 42.9 Å². The fraction of sp³-hybridized carbons (Fsp3) is 0.409. The van der Waals surface area contributed by atoms with Gasteiger partial charge in [0, 0.05) is 60.0 Å². The Bertz CT molecular complexity index is 1020. The van der Waals surface area contributed by atoms with Crippen LogP contribution < -0.4 is 0 Å². The number of nitrogens with one attached hydrogen (secondary N) is 1. The number of aromatic amines is 1. The van der Waals surface area contributed by atoms with E-state index in [0.29, 0.717) is 6.54 Å². The minimum atomic E-state index is 0.0995. The third kappa shape index (κ3) is 3.13. The first-order valence-electron chi connectivity index (χ1n) is 10.1. The predicted molar refractivity (Wildman–Crippen MR) is 106 cm³/mol. The zero-order valence-electron chi connectivity index (χ0n) is 15.8. The van der Waals surface area contributed by atoms with Crippen LogP contribution in [0.1, 0.15) is 47.8 Å². The highest BCUT2D eigenvalue weighted by molar-refractivity contribution is 6.10. The Hall–Kier alpha value is -2.89. The lowest BCUT2D eigenvalue weighted by Crippen LogP contribution is -2.41. The average Bonchev–Trinajstić information content (AvgIpc) is 3.31. The van der Waals surface area contributed by atoms with Crippen LogP contribution in [0.2, 0.25) is 0 Å². The summed E-state index contributed by atoms with van der Waals surface area (Å²) < 4.78 is 1.95. The van der Waals surface area contributed by atoms with Crippen molar-refractivity contribution >= 4 is 22.6 Å². The molecule has 1 N–H and O–H groups in total. The SMILES string of the molecule is O=C(c1cn(CC(=O)N2CCC[C@@H](c3ncc[nH]3)C2)c2ccccc12)C1CC1. The Labute approximate surface area is 163 Å². The summed E-state index contributed by atoms with van der Waals surface area (Å²) >= 11 is 0. The van der Waals surface area contributed by atoms with Crippen molar-refractivity contribution in [1.82, 2.24) is 19.4 Å². The Balaban J connectivity index is 1.37. The van der Waals surface area contributed by atoms with Gasteiger partial charge in [0.15, 0.2) is 5.78 Å². The molecule has 0 unspecified atom stereocenters. The normalized spacial score (nSPS) is 19.9. The lowest BCUT2D eigenvalue weighted by atomic mass is 9.97. The molecule has 0 spiro atoms. The number of amides is 1. The molecular weight excluding hydrogens is 352 g/mol. The van der Waals surface area contributed by atoms with Gasteiger partial charge in [-0.05, 0) is 31.7 Å². The first kappa shape index (κ1) is 17.2. The van der Waals surface area contributed by atoms with Crippen molar-refractivity contribution < 1.29 is 9.59 Å². The third-order valence-corrected chi connectivity index (χ3v) is 5.99. The van der Waals surface area contributed by atoms with Gasteiger partial charge in [0.2, 0.25) is 5.91 Å². The smallest absolute Gasteiger partial charge is 0.242 e. The molecule has 1 saturated heterocycles. The Morgan fingerprint density at radius 3 is 2.82 bits per heavy atom. The van der Waals surface area contributed by atoms with Gasteiger partial charge < -0.3 is 14.5 Å². The zero-order valence-corrected chi connectivity index (χ0v) is 15.8. The van der Waals surface area contributed by atoms with Crippen molar-refractivity contribution in [2.45, 2.75) is 38.1 Å². The molecule has 28 heavy (non-hydrogen) atoms. The van der Waals surface area contributed by atoms with Gasteiger partial charge in [0.05, 0.1) is 0 Å². The van der Waals surface area contributed by atoms with Crippen molar-refractivity contribution in [1.29, 1.82) is 0 Å². The third-order valence-electron chi connectivity index (χ3n) is 5.99. The van der Waals surface area contributed by atoms with E-state index in [4.69, 9.17) is 0 Å². The molecule has 1 atom stereocenters. The number of aromatic nitrogens is 3. The number of piperidine rings is 1. The first-order valence-corrected chi connectivity index (χ1v) is 10.1. The second-order valence-corrected chi connectivity index (χ2v) is 7.98. The molecule has 1 aliphatic carbocycles. The number of rotatable bonds is 5. The second kappa shape index (κ2) is 6.93. The monoisotopic (exact) mass is 376 g/mol. The fourth-order valence-corrected chi connectivity index (χ4v) is 4.31. The van der Waals surface area contributed by atoms with E-state index in [1.54, 1.807) is 6.20 Å². The Morgan fingerprint density at radius 1 is 1.18 bits per heavy atom. The van der Waals surface area contributed by atoms with Crippen molar-refractivity contribution in [2.75, 3.05) is 13.1 Å². The number of hydrogen-bond acceptors (Lipinski definition) is 3. The lowest BCUT2D eigenvalue weighted by Gasteiger charge is -2.32. The Morgan fingerprint density at radius 2 is 2.04 bits per heavy atom. The van der Waals surface area contributed by atoms with Crippen molar-refractivity contribution in [3.63, 3.8) is 0 Å². The van der Waals surface area contributed by atoms with Crippen molar-refractivity contribution in [3.8, 4) is 0 Å². The Kier molecular flexibility index (Phi) is 4.26. The van der Waals surface area contributed by atoms with Crippen LogP contribution in [0.3, 0.4) is 0 Å². The highest BCUT2D eigenvalue weighted by Gasteiger charge is 2.32. The van der Waals surface area contributed by atoms with E-state index in [0.717, 1.165) is 54.5 Å². The van der Waals surface area contributed by atoms with E-state index in [9.17, 15) is 9.59 Å². The van der Waals surface area contributed by atoms with Gasteiger partial charge in [-0.2, -0.15) is 0 Å². The van der Waals surface area contributed by atoms with Gasteiger partial charge in [0.1, 0.15) is 12.4 Å². The van der Waals surface area contributed by atoms with Crippen LogP contribution in [0.25, 0.3) is 10.9 Å². The van der Waals surface area contributed by atoms with E-state index in [1.807, 2.05) is 46.1 Å². The van der Waals surface area contributed by atoms with E-state index in [1.165, 1.54) is 0 Å². The van der Waals surface area contributed by atoms with E-state index in [-0.39, 0.29) is 30.1 Å². The molecule has 2 fully saturated rings. The molecule has 5 rings (SSSR count). The topological polar surface area (TPSA) is 71.0 Å². The number of carbonyl (C=O) groups is 2. The van der Waals surface area contributed by atoms with Crippen molar-refractivity contribution in [2.24, 2.45) is 5.92 Å². The standard InChI is InChI=1S/C22H24N4O2/c27-20(25-11-3-4-16(12-25)22-23-9-10-24-22)14-26-13-18(21(28)15-7-8-15)17-5-1-2-6-19(17)26/h1-2,5-6,9-10,13,15-16H,3-4,7-8,11-12,14H2,(H,23,24)/t16-/m1/s1. The van der Waals surface area contributed by atoms with E-state index >= 15 is 0 Å². The minimum Gasteiger partial charge on any atom is -0.348 e. The molecule has 1 saturated carbocycles. The van der Waals surface area contributed by atoms with Gasteiger partial charge in [-0.1, -0.05) is 18.2 Å². The highest BCUT2D eigenvalue weighted by Crippen LogP contribution is 2.35. The number of imidazole rings is 1. The summed E-state index contributed by atoms with van der Waals surface area (Å²) in [6, 6.07) is 7.90. The molecule has 1 aliphatic heterocycles. The number of benzene rings is 1. The lowest BCUT2D eigenvalue weighted by molar-refractivity contribution is -0.133. The summed E-state index contributed by atoms with van der Waals surface area (Å²) in [4.78, 5) is 35.2. The molecule has 2 aromatic heterocycles. The number of fused-ring (bicyclic) bond motifs is 1. The molecular formula is C22H24N4O2. The molecule has 144 valence electrons. The minimum absolute atomic E-state index is 0.0995. The average molecular weight is 376 g/mol. The van der Waals surface area contributed by atoms with Crippen molar-refractivity contribution in [3.05, 3.63) is 54.2 Å². The molecule has 0 bridgehead atoms. The summed E-state index contributed by atoms with van der Waals surface area (Å²) in [7, 11) is 0. The fourth-order valence-electron chi connectivity index (χ4n) is 4.31. The molecule has 3 aromatic rings. The highest BCUT2D eigenvalue weighted by atomic mass is 16.2. The van der Waals surface area contributed by atoms with Gasteiger partial charge in [0.25, 0.3) is 0 Å². The number of para-hydroxylation sites is 1. The summed E-state index contributed by atoms with van der Waals surface area (Å²) in [5.41, 5.74) is 1.72. The zero-order chi connectivity index (χ0) is 19.1. The van der Waals surface area contributed by atoms with Crippen LogP contribution in [0.4, 0.5) is 0 Å². The summed E-state index contributed by atoms with van der Waals surface area (Å²) in [5.74, 6) is 1.72. The van der Waals surface area contributed by atoms with Gasteiger partial charge >= 0.3 is 0 Å². The molecule has 6 heteroatoms. The molecule has 1 aromatic carbocycles. The maximum absolute atomic E-state index is 13.0. The maximum atomic E-state index is 13.0. The summed E-state index contributed by atoms with van der Waals surface area (Å²) in [6.45, 7) is 1.74. The number of likely N-dealkylation sites (tertiary alicyclic amines) is 1. The molecule has 0 radical (unpaired) electrons. The molecule has 3 heterocycles. The number of ketones is 1. The van der Waals surface area contributed by atoms with E-state index < -0.39 is 0 Å². The van der Waals surface area contributed by atoms with Gasteiger partial charge in [-0.25, -0.2) is 4.98 Å². The predicted octanol–water partition coefficient (Wildman–Crippen LogP) is 3.36. The van der Waals surface area contributed by atoms with Crippen LogP contribution in [0.5, 0.6) is 0 Å². The summed E-state index contributed by atoms with van der Waals surface area (Å²) in [5, 5.41) is 0.958. The van der Waals surface area contributed by atoms with Crippen LogP contribution in [-0.4, -0.2) is 44.2 Å².